The second-order valence-corrected chi connectivity index (χ2v) is 9.27. The van der Waals surface area contributed by atoms with Gasteiger partial charge in [0, 0.05) is 6.20 Å². The SMILES string of the molecule is CCOC(=O)C1=C(C)N=C2SC=CN2[C@H]1c1ccc(OCc2cccc3ccccc23)c(OCC)c1. The lowest BCUT2D eigenvalue weighted by Gasteiger charge is -2.33. The number of esters is 1. The van der Waals surface area contributed by atoms with E-state index in [1.54, 1.807) is 6.92 Å². The number of rotatable bonds is 8. The summed E-state index contributed by atoms with van der Waals surface area (Å²) >= 11 is 1.53. The van der Waals surface area contributed by atoms with Gasteiger partial charge in [0.15, 0.2) is 16.7 Å². The van der Waals surface area contributed by atoms with Crippen LogP contribution in [-0.2, 0) is 16.1 Å². The highest BCUT2D eigenvalue weighted by Gasteiger charge is 2.37. The first-order valence-corrected chi connectivity index (χ1v) is 12.9. The van der Waals surface area contributed by atoms with E-state index in [4.69, 9.17) is 14.2 Å². The van der Waals surface area contributed by atoms with E-state index in [1.165, 1.54) is 22.5 Å². The van der Waals surface area contributed by atoms with E-state index in [0.29, 0.717) is 42.6 Å². The Balaban J connectivity index is 1.48. The Morgan fingerprint density at radius 3 is 2.67 bits per heavy atom. The minimum absolute atomic E-state index is 0.300. The van der Waals surface area contributed by atoms with Crippen LogP contribution >= 0.6 is 11.8 Å². The van der Waals surface area contributed by atoms with Gasteiger partial charge < -0.3 is 19.1 Å². The summed E-state index contributed by atoms with van der Waals surface area (Å²) in [7, 11) is 0. The minimum atomic E-state index is -0.367. The normalized spacial score (nSPS) is 16.7. The van der Waals surface area contributed by atoms with Gasteiger partial charge >= 0.3 is 5.97 Å². The first-order valence-electron chi connectivity index (χ1n) is 12.0. The number of carbonyl (C=O) groups excluding carboxylic acids is 1. The van der Waals surface area contributed by atoms with Crippen molar-refractivity contribution in [2.75, 3.05) is 13.2 Å². The lowest BCUT2D eigenvalue weighted by atomic mass is 9.94. The second-order valence-electron chi connectivity index (χ2n) is 8.39. The Bertz CT molecular complexity index is 1390. The molecule has 3 aromatic carbocycles. The number of hydrogen-bond acceptors (Lipinski definition) is 7. The van der Waals surface area contributed by atoms with Crippen molar-refractivity contribution in [3.63, 3.8) is 0 Å². The zero-order valence-electron chi connectivity index (χ0n) is 20.6. The average molecular weight is 501 g/mol. The monoisotopic (exact) mass is 500 g/mol. The highest BCUT2D eigenvalue weighted by Crippen LogP contribution is 2.43. The van der Waals surface area contributed by atoms with Crippen LogP contribution in [-0.4, -0.2) is 29.3 Å². The molecule has 0 aromatic heterocycles. The molecule has 0 saturated heterocycles. The molecule has 6 nitrogen and oxygen atoms in total. The van der Waals surface area contributed by atoms with Gasteiger partial charge in [-0.05, 0) is 60.2 Å². The van der Waals surface area contributed by atoms with Crippen molar-refractivity contribution in [2.45, 2.75) is 33.4 Å². The number of carbonyl (C=O) groups is 1. The molecular formula is C29H28N2O4S. The summed E-state index contributed by atoms with van der Waals surface area (Å²) in [6, 6.07) is 20.0. The summed E-state index contributed by atoms with van der Waals surface area (Å²) in [6.07, 6.45) is 1.95. The van der Waals surface area contributed by atoms with E-state index in [1.807, 2.05) is 66.8 Å². The molecule has 7 heteroatoms. The van der Waals surface area contributed by atoms with Gasteiger partial charge in [0.1, 0.15) is 6.61 Å². The summed E-state index contributed by atoms with van der Waals surface area (Å²) in [5.74, 6) is 0.932. The molecule has 3 aromatic rings. The van der Waals surface area contributed by atoms with Crippen LogP contribution in [0.3, 0.4) is 0 Å². The topological polar surface area (TPSA) is 60.4 Å². The van der Waals surface area contributed by atoms with Crippen molar-refractivity contribution < 1.29 is 19.0 Å². The highest BCUT2D eigenvalue weighted by atomic mass is 32.2. The number of fused-ring (bicyclic) bond motifs is 2. The molecule has 0 saturated carbocycles. The summed E-state index contributed by atoms with van der Waals surface area (Å²) in [5, 5.41) is 5.15. The van der Waals surface area contributed by atoms with E-state index in [2.05, 4.69) is 29.3 Å². The smallest absolute Gasteiger partial charge is 0.338 e. The maximum absolute atomic E-state index is 13.0. The van der Waals surface area contributed by atoms with E-state index < -0.39 is 0 Å². The van der Waals surface area contributed by atoms with Crippen molar-refractivity contribution in [3.8, 4) is 11.5 Å². The Hall–Kier alpha value is -3.71. The van der Waals surface area contributed by atoms with Gasteiger partial charge in [0.25, 0.3) is 0 Å². The van der Waals surface area contributed by atoms with E-state index in [-0.39, 0.29) is 12.0 Å². The predicted octanol–water partition coefficient (Wildman–Crippen LogP) is 6.59. The molecule has 0 bridgehead atoms. The number of nitrogens with zero attached hydrogens (tertiary/aromatic N) is 2. The van der Waals surface area contributed by atoms with Gasteiger partial charge in [-0.2, -0.15) is 0 Å². The zero-order valence-corrected chi connectivity index (χ0v) is 21.4. The Labute approximate surface area is 215 Å². The van der Waals surface area contributed by atoms with Crippen LogP contribution < -0.4 is 9.47 Å². The maximum atomic E-state index is 13.0. The van der Waals surface area contributed by atoms with Crippen molar-refractivity contribution in [1.82, 2.24) is 4.90 Å². The summed E-state index contributed by atoms with van der Waals surface area (Å²) in [6.45, 7) is 6.81. The fourth-order valence-electron chi connectivity index (χ4n) is 4.55. The average Bonchev–Trinajstić information content (AvgIpc) is 3.35. The number of amidine groups is 1. The fraction of sp³-hybridized carbons (Fsp3) is 0.241. The van der Waals surface area contributed by atoms with Crippen LogP contribution in [0.2, 0.25) is 0 Å². The van der Waals surface area contributed by atoms with Crippen LogP contribution in [0.4, 0.5) is 0 Å². The van der Waals surface area contributed by atoms with Gasteiger partial charge in [0.2, 0.25) is 0 Å². The standard InChI is InChI=1S/C29H28N2O4S/c1-4-33-25-17-21(27-26(28(32)34-5-2)19(3)30-29-31(27)15-16-36-29)13-14-24(25)35-18-22-11-8-10-20-9-6-7-12-23(20)22/h6-17,27H,4-5,18H2,1-3H3/t27-/m0/s1. The van der Waals surface area contributed by atoms with Crippen molar-refractivity contribution >= 4 is 33.7 Å². The largest absolute Gasteiger partial charge is 0.490 e. The molecule has 0 aliphatic carbocycles. The number of benzene rings is 3. The summed E-state index contributed by atoms with van der Waals surface area (Å²) in [4.78, 5) is 19.6. The molecule has 1 atom stereocenters. The summed E-state index contributed by atoms with van der Waals surface area (Å²) in [5.41, 5.74) is 3.20. The first-order chi connectivity index (χ1) is 17.6. The lowest BCUT2D eigenvalue weighted by molar-refractivity contribution is -0.139. The number of aliphatic imine (C=N–C) groups is 1. The molecule has 184 valence electrons. The van der Waals surface area contributed by atoms with Gasteiger partial charge in [-0.15, -0.1) is 0 Å². The third-order valence-electron chi connectivity index (χ3n) is 6.16. The number of allylic oxidation sites excluding steroid dienone is 1. The molecule has 2 aliphatic heterocycles. The molecule has 0 unspecified atom stereocenters. The van der Waals surface area contributed by atoms with Crippen LogP contribution in [0, 0.1) is 0 Å². The molecule has 0 N–H and O–H groups in total. The Kier molecular flexibility index (Phi) is 7.00. The first kappa shape index (κ1) is 24.0. The molecule has 2 heterocycles. The number of ether oxygens (including phenoxy) is 3. The minimum Gasteiger partial charge on any atom is -0.490 e. The molecule has 0 amide bonds. The van der Waals surface area contributed by atoms with Crippen molar-refractivity contribution in [1.29, 1.82) is 0 Å². The van der Waals surface area contributed by atoms with Gasteiger partial charge in [0.05, 0.1) is 30.5 Å². The highest BCUT2D eigenvalue weighted by molar-refractivity contribution is 8.16. The van der Waals surface area contributed by atoms with Crippen molar-refractivity contribution in [3.05, 3.63) is 94.7 Å². The molecule has 5 rings (SSSR count). The lowest BCUT2D eigenvalue weighted by Crippen LogP contribution is -2.34. The van der Waals surface area contributed by atoms with Gasteiger partial charge in [-0.25, -0.2) is 9.79 Å². The third-order valence-corrected chi connectivity index (χ3v) is 6.93. The quantitative estimate of drug-likeness (QED) is 0.325. The number of hydrogen-bond donors (Lipinski definition) is 0. The van der Waals surface area contributed by atoms with E-state index in [0.717, 1.165) is 16.3 Å². The zero-order chi connectivity index (χ0) is 25.1. The van der Waals surface area contributed by atoms with Crippen LogP contribution in [0.1, 0.15) is 37.9 Å². The second kappa shape index (κ2) is 10.5. The van der Waals surface area contributed by atoms with Crippen LogP contribution in [0.15, 0.2) is 88.5 Å². The number of thioether (sulfide) groups is 1. The van der Waals surface area contributed by atoms with Gasteiger partial charge in [-0.3, -0.25) is 0 Å². The molecule has 2 aliphatic rings. The Morgan fingerprint density at radius 2 is 1.83 bits per heavy atom. The molecular weight excluding hydrogens is 472 g/mol. The third kappa shape index (κ3) is 4.58. The maximum Gasteiger partial charge on any atom is 0.338 e. The molecule has 0 spiro atoms. The molecule has 36 heavy (non-hydrogen) atoms. The fourth-order valence-corrected chi connectivity index (χ4v) is 5.35. The van der Waals surface area contributed by atoms with Gasteiger partial charge in [-0.1, -0.05) is 60.3 Å². The van der Waals surface area contributed by atoms with Crippen LogP contribution in [0.5, 0.6) is 11.5 Å². The van der Waals surface area contributed by atoms with E-state index >= 15 is 0 Å². The summed E-state index contributed by atoms with van der Waals surface area (Å²) < 4.78 is 17.7. The Morgan fingerprint density at radius 1 is 1.00 bits per heavy atom. The van der Waals surface area contributed by atoms with E-state index in [9.17, 15) is 4.79 Å². The van der Waals surface area contributed by atoms with Crippen molar-refractivity contribution in [2.24, 2.45) is 4.99 Å². The van der Waals surface area contributed by atoms with Crippen LogP contribution in [0.25, 0.3) is 10.8 Å². The molecule has 0 fully saturated rings. The molecule has 0 radical (unpaired) electrons. The predicted molar refractivity (Wildman–Crippen MR) is 144 cm³/mol.